The van der Waals surface area contributed by atoms with E-state index in [1.807, 2.05) is 48.5 Å². The minimum absolute atomic E-state index is 0.158. The molecule has 0 atom stereocenters. The van der Waals surface area contributed by atoms with Crippen molar-refractivity contribution in [1.82, 2.24) is 14.8 Å². The molecule has 2 aromatic carbocycles. The van der Waals surface area contributed by atoms with Gasteiger partial charge in [-0.2, -0.15) is 5.10 Å². The van der Waals surface area contributed by atoms with Crippen LogP contribution in [0.25, 0.3) is 17.2 Å². The first-order valence-electron chi connectivity index (χ1n) is 8.04. The third kappa shape index (κ3) is 3.25. The Labute approximate surface area is 149 Å². The normalized spacial score (nSPS) is 15.2. The van der Waals surface area contributed by atoms with E-state index in [9.17, 15) is 9.90 Å². The van der Waals surface area contributed by atoms with Gasteiger partial charge in [-0.25, -0.2) is 14.5 Å². The van der Waals surface area contributed by atoms with E-state index in [-0.39, 0.29) is 11.5 Å². The van der Waals surface area contributed by atoms with Gasteiger partial charge in [0, 0.05) is 0 Å². The molecular weight excluding hydrogens is 330 g/mol. The van der Waals surface area contributed by atoms with Crippen LogP contribution in [0.4, 0.5) is 0 Å². The van der Waals surface area contributed by atoms with Crippen molar-refractivity contribution in [3.63, 3.8) is 0 Å². The highest BCUT2D eigenvalue weighted by molar-refractivity contribution is 5.89. The second-order valence-corrected chi connectivity index (χ2v) is 5.84. The number of benzene rings is 2. The molecule has 3 aromatic rings. The lowest BCUT2D eigenvalue weighted by molar-refractivity contribution is -0.132. The molecule has 1 aliphatic heterocycles. The summed E-state index contributed by atoms with van der Waals surface area (Å²) in [7, 11) is 0. The molecule has 0 radical (unpaired) electrons. The molecule has 1 N–H and O–H groups in total. The van der Waals surface area contributed by atoms with Gasteiger partial charge in [0.15, 0.2) is 11.5 Å². The Morgan fingerprint density at radius 2 is 1.92 bits per heavy atom. The molecule has 0 fully saturated rings. The Bertz CT molecular complexity index is 1000. The van der Waals surface area contributed by atoms with E-state index in [0.717, 1.165) is 28.3 Å². The maximum absolute atomic E-state index is 11.3. The van der Waals surface area contributed by atoms with Crippen LogP contribution in [-0.2, 0) is 16.1 Å². The van der Waals surface area contributed by atoms with E-state index in [0.29, 0.717) is 6.54 Å². The zero-order valence-corrected chi connectivity index (χ0v) is 13.7. The minimum atomic E-state index is -0.566. The molecule has 0 amide bonds. The van der Waals surface area contributed by atoms with Crippen molar-refractivity contribution >= 4 is 12.0 Å². The second-order valence-electron chi connectivity index (χ2n) is 5.84. The van der Waals surface area contributed by atoms with E-state index >= 15 is 0 Å². The lowest BCUT2D eigenvalue weighted by Gasteiger charge is -2.09. The first-order valence-corrected chi connectivity index (χ1v) is 8.04. The standard InChI is InChI=1S/C20H15N3O3/c24-18-10-20(25)26-19(18)9-16-3-1-2-4-17(16)15-7-5-14(6-8-15)11-23-13-21-12-22-23/h1-10,12-13,24H,11H2/b19-9-. The topological polar surface area (TPSA) is 77.2 Å². The summed E-state index contributed by atoms with van der Waals surface area (Å²) in [6.07, 6.45) is 5.92. The molecule has 6 nitrogen and oxygen atoms in total. The number of aliphatic hydroxyl groups is 1. The number of hydrogen-bond donors (Lipinski definition) is 1. The molecule has 1 aromatic heterocycles. The number of cyclic esters (lactones) is 1. The number of nitrogens with zero attached hydrogens (tertiary/aromatic N) is 3. The van der Waals surface area contributed by atoms with Gasteiger partial charge in [0.1, 0.15) is 12.7 Å². The number of hydrogen-bond acceptors (Lipinski definition) is 5. The molecule has 4 rings (SSSR count). The Morgan fingerprint density at radius 3 is 2.62 bits per heavy atom. The van der Waals surface area contributed by atoms with Crippen molar-refractivity contribution in [3.8, 4) is 11.1 Å². The number of ether oxygens (including phenoxy) is 1. The van der Waals surface area contributed by atoms with Gasteiger partial charge in [-0.05, 0) is 28.3 Å². The highest BCUT2D eigenvalue weighted by atomic mass is 16.6. The van der Waals surface area contributed by atoms with Gasteiger partial charge >= 0.3 is 5.97 Å². The number of esters is 1. The van der Waals surface area contributed by atoms with E-state index in [2.05, 4.69) is 10.1 Å². The summed E-state index contributed by atoms with van der Waals surface area (Å²) < 4.78 is 6.77. The summed E-state index contributed by atoms with van der Waals surface area (Å²) >= 11 is 0. The maximum Gasteiger partial charge on any atom is 0.340 e. The van der Waals surface area contributed by atoms with Gasteiger partial charge < -0.3 is 9.84 Å². The van der Waals surface area contributed by atoms with Crippen LogP contribution in [0.1, 0.15) is 11.1 Å². The van der Waals surface area contributed by atoms with Crippen LogP contribution >= 0.6 is 0 Å². The van der Waals surface area contributed by atoms with Crippen molar-refractivity contribution in [2.75, 3.05) is 0 Å². The predicted octanol–water partition coefficient (Wildman–Crippen LogP) is 3.33. The maximum atomic E-state index is 11.3. The van der Waals surface area contributed by atoms with Crippen molar-refractivity contribution in [3.05, 3.63) is 89.9 Å². The van der Waals surface area contributed by atoms with Crippen LogP contribution in [0, 0.1) is 0 Å². The molecule has 0 aliphatic carbocycles. The summed E-state index contributed by atoms with van der Waals surface area (Å²) in [6.45, 7) is 0.653. The van der Waals surface area contributed by atoms with Crippen LogP contribution in [0.2, 0.25) is 0 Å². The van der Waals surface area contributed by atoms with Gasteiger partial charge in [0.05, 0.1) is 12.6 Å². The van der Waals surface area contributed by atoms with Crippen molar-refractivity contribution < 1.29 is 14.6 Å². The molecule has 128 valence electrons. The predicted molar refractivity (Wildman–Crippen MR) is 95.8 cm³/mol. The van der Waals surface area contributed by atoms with Gasteiger partial charge in [0.25, 0.3) is 0 Å². The number of aliphatic hydroxyl groups excluding tert-OH is 1. The van der Waals surface area contributed by atoms with Crippen LogP contribution in [0.3, 0.4) is 0 Å². The zero-order valence-electron chi connectivity index (χ0n) is 13.7. The first-order chi connectivity index (χ1) is 12.7. The molecule has 26 heavy (non-hydrogen) atoms. The van der Waals surface area contributed by atoms with Gasteiger partial charge in [-0.15, -0.1) is 0 Å². The fourth-order valence-electron chi connectivity index (χ4n) is 2.79. The lowest BCUT2D eigenvalue weighted by Crippen LogP contribution is -1.99. The molecule has 0 bridgehead atoms. The van der Waals surface area contributed by atoms with Gasteiger partial charge in [-0.3, -0.25) is 0 Å². The van der Waals surface area contributed by atoms with E-state index in [1.54, 1.807) is 17.1 Å². The molecule has 0 unspecified atom stereocenters. The van der Waals surface area contributed by atoms with Crippen LogP contribution in [-0.4, -0.2) is 25.8 Å². The third-order valence-corrected chi connectivity index (χ3v) is 4.04. The fourth-order valence-corrected chi connectivity index (χ4v) is 2.79. The summed E-state index contributed by atoms with van der Waals surface area (Å²) in [6, 6.07) is 15.9. The Hall–Kier alpha value is -3.67. The quantitative estimate of drug-likeness (QED) is 0.734. The second kappa shape index (κ2) is 6.68. The molecule has 2 heterocycles. The first kappa shape index (κ1) is 15.8. The SMILES string of the molecule is O=C1C=C(O)/C(=C/c2ccccc2-c2ccc(Cn3cncn3)cc2)O1. The summed E-state index contributed by atoms with van der Waals surface area (Å²) in [4.78, 5) is 15.2. The Kier molecular flexibility index (Phi) is 4.07. The van der Waals surface area contributed by atoms with E-state index in [1.165, 1.54) is 6.33 Å². The largest absolute Gasteiger partial charge is 0.504 e. The van der Waals surface area contributed by atoms with Crippen molar-refractivity contribution in [1.29, 1.82) is 0 Å². The van der Waals surface area contributed by atoms with Crippen molar-refractivity contribution in [2.24, 2.45) is 0 Å². The zero-order chi connectivity index (χ0) is 17.9. The monoisotopic (exact) mass is 345 g/mol. The lowest BCUT2D eigenvalue weighted by atomic mass is 9.98. The number of carbonyl (C=O) groups is 1. The molecule has 1 aliphatic rings. The summed E-state index contributed by atoms with van der Waals surface area (Å²) in [5.41, 5.74) is 3.96. The Balaban J connectivity index is 1.63. The van der Waals surface area contributed by atoms with Crippen LogP contribution in [0.15, 0.2) is 78.8 Å². The number of aromatic nitrogens is 3. The number of rotatable bonds is 4. The van der Waals surface area contributed by atoms with E-state index in [4.69, 9.17) is 4.74 Å². The van der Waals surface area contributed by atoms with Crippen LogP contribution < -0.4 is 0 Å². The smallest absolute Gasteiger partial charge is 0.340 e. The summed E-state index contributed by atoms with van der Waals surface area (Å²) in [5.74, 6) is -0.568. The van der Waals surface area contributed by atoms with Crippen LogP contribution in [0.5, 0.6) is 0 Å². The molecule has 0 saturated carbocycles. The molecule has 0 spiro atoms. The fraction of sp³-hybridized carbons (Fsp3) is 0.0500. The van der Waals surface area contributed by atoms with Gasteiger partial charge in [-0.1, -0.05) is 48.5 Å². The third-order valence-electron chi connectivity index (χ3n) is 4.04. The van der Waals surface area contributed by atoms with E-state index < -0.39 is 5.97 Å². The highest BCUT2D eigenvalue weighted by Crippen LogP contribution is 2.28. The average Bonchev–Trinajstić information content (AvgIpc) is 3.26. The average molecular weight is 345 g/mol. The minimum Gasteiger partial charge on any atom is -0.504 e. The molecule has 0 saturated heterocycles. The summed E-state index contributed by atoms with van der Waals surface area (Å²) in [5, 5.41) is 13.9. The molecule has 6 heteroatoms. The highest BCUT2D eigenvalue weighted by Gasteiger charge is 2.19. The van der Waals surface area contributed by atoms with Crippen molar-refractivity contribution in [2.45, 2.75) is 6.54 Å². The van der Waals surface area contributed by atoms with Gasteiger partial charge in [0.2, 0.25) is 0 Å². The Morgan fingerprint density at radius 1 is 1.12 bits per heavy atom. The number of carbonyl (C=O) groups excluding carboxylic acids is 1. The molecular formula is C20H15N3O3.